The monoisotopic (exact) mass is 428 g/mol. The number of anilines is 1. The highest BCUT2D eigenvalue weighted by molar-refractivity contribution is 9.10. The van der Waals surface area contributed by atoms with Crippen LogP contribution in [-0.2, 0) is 14.8 Å². The summed E-state index contributed by atoms with van der Waals surface area (Å²) in [6.07, 6.45) is 0. The fraction of sp³-hybridized carbons (Fsp3) is 0.235. The molecule has 1 amide bonds. The minimum absolute atomic E-state index is 0.0555. The molecule has 0 saturated heterocycles. The second kappa shape index (κ2) is 8.07. The van der Waals surface area contributed by atoms with E-state index in [1.807, 2.05) is 19.1 Å². The lowest BCUT2D eigenvalue weighted by atomic mass is 10.2. The molecule has 2 aromatic rings. The number of hydrogen-bond acceptors (Lipinski definition) is 3. The van der Waals surface area contributed by atoms with Crippen molar-refractivity contribution < 1.29 is 17.6 Å². The van der Waals surface area contributed by atoms with Crippen molar-refractivity contribution in [1.29, 1.82) is 0 Å². The first kappa shape index (κ1) is 19.6. The van der Waals surface area contributed by atoms with E-state index in [4.69, 9.17) is 0 Å². The zero-order chi connectivity index (χ0) is 18.6. The van der Waals surface area contributed by atoms with E-state index in [-0.39, 0.29) is 18.0 Å². The molecule has 0 saturated carbocycles. The summed E-state index contributed by atoms with van der Waals surface area (Å²) in [5.41, 5.74) is 1.59. The van der Waals surface area contributed by atoms with Crippen molar-refractivity contribution in [3.63, 3.8) is 0 Å². The molecule has 0 atom stereocenters. The molecule has 0 aliphatic rings. The standard InChI is InChI=1S/C17H18BrFN2O3S/c1-3-21(25(23,24)14-7-5-13(19)6-8-14)11-17(22)20-16-9-4-12(2)10-15(16)18/h4-10H,3,11H2,1-2H3,(H,20,22). The summed E-state index contributed by atoms with van der Waals surface area (Å²) in [6.45, 7) is 3.33. The van der Waals surface area contributed by atoms with Crippen LogP contribution in [0, 0.1) is 12.7 Å². The van der Waals surface area contributed by atoms with Crippen LogP contribution in [0.2, 0.25) is 0 Å². The predicted octanol–water partition coefficient (Wildman–Crippen LogP) is 3.55. The summed E-state index contributed by atoms with van der Waals surface area (Å²) >= 11 is 3.36. The number of hydrogen-bond donors (Lipinski definition) is 1. The minimum Gasteiger partial charge on any atom is -0.324 e. The average Bonchev–Trinajstić information content (AvgIpc) is 2.55. The van der Waals surface area contributed by atoms with Crippen LogP contribution in [-0.4, -0.2) is 31.7 Å². The summed E-state index contributed by atoms with van der Waals surface area (Å²) < 4.78 is 39.9. The van der Waals surface area contributed by atoms with E-state index in [0.717, 1.165) is 22.0 Å². The Balaban J connectivity index is 2.15. The molecule has 1 N–H and O–H groups in total. The molecular weight excluding hydrogens is 411 g/mol. The number of halogens is 2. The Hall–Kier alpha value is -1.77. The molecule has 0 heterocycles. The van der Waals surface area contributed by atoms with E-state index in [2.05, 4.69) is 21.2 Å². The minimum atomic E-state index is -3.88. The third-order valence-corrected chi connectivity index (χ3v) is 6.11. The summed E-state index contributed by atoms with van der Waals surface area (Å²) in [6, 6.07) is 9.94. The van der Waals surface area contributed by atoms with Gasteiger partial charge in [-0.2, -0.15) is 4.31 Å². The van der Waals surface area contributed by atoms with Crippen molar-refractivity contribution in [1.82, 2.24) is 4.31 Å². The number of nitrogens with one attached hydrogen (secondary N) is 1. The van der Waals surface area contributed by atoms with Gasteiger partial charge in [0, 0.05) is 11.0 Å². The molecule has 8 heteroatoms. The molecular formula is C17H18BrFN2O3S. The highest BCUT2D eigenvalue weighted by atomic mass is 79.9. The van der Waals surface area contributed by atoms with Crippen LogP contribution in [0.3, 0.4) is 0 Å². The Morgan fingerprint density at radius 2 is 1.84 bits per heavy atom. The fourth-order valence-corrected chi connectivity index (χ4v) is 4.19. The molecule has 0 aromatic heterocycles. The first-order valence-electron chi connectivity index (χ1n) is 7.55. The van der Waals surface area contributed by atoms with Crippen molar-refractivity contribution in [2.45, 2.75) is 18.7 Å². The largest absolute Gasteiger partial charge is 0.324 e. The van der Waals surface area contributed by atoms with Crippen LogP contribution in [0.5, 0.6) is 0 Å². The van der Waals surface area contributed by atoms with E-state index in [0.29, 0.717) is 10.2 Å². The maximum atomic E-state index is 13.0. The molecule has 2 aromatic carbocycles. The van der Waals surface area contributed by atoms with Gasteiger partial charge in [0.05, 0.1) is 17.1 Å². The number of sulfonamides is 1. The SMILES string of the molecule is CCN(CC(=O)Nc1ccc(C)cc1Br)S(=O)(=O)c1ccc(F)cc1. The van der Waals surface area contributed by atoms with Gasteiger partial charge in [-0.1, -0.05) is 13.0 Å². The molecule has 0 aliphatic carbocycles. The fourth-order valence-electron chi connectivity index (χ4n) is 2.19. The van der Waals surface area contributed by atoms with Gasteiger partial charge in [-0.15, -0.1) is 0 Å². The topological polar surface area (TPSA) is 66.5 Å². The average molecular weight is 429 g/mol. The van der Waals surface area contributed by atoms with Crippen LogP contribution in [0.1, 0.15) is 12.5 Å². The number of benzene rings is 2. The van der Waals surface area contributed by atoms with Gasteiger partial charge in [-0.25, -0.2) is 12.8 Å². The number of carbonyl (C=O) groups excluding carboxylic acids is 1. The van der Waals surface area contributed by atoms with Gasteiger partial charge in [-0.05, 0) is 64.8 Å². The molecule has 134 valence electrons. The van der Waals surface area contributed by atoms with E-state index in [1.54, 1.807) is 13.0 Å². The summed E-state index contributed by atoms with van der Waals surface area (Å²) in [7, 11) is -3.88. The third kappa shape index (κ3) is 4.87. The summed E-state index contributed by atoms with van der Waals surface area (Å²) in [5.74, 6) is -0.985. The van der Waals surface area contributed by atoms with Gasteiger partial charge >= 0.3 is 0 Å². The molecule has 0 radical (unpaired) electrons. The molecule has 2 rings (SSSR count). The smallest absolute Gasteiger partial charge is 0.243 e. The lowest BCUT2D eigenvalue weighted by Gasteiger charge is -2.20. The number of likely N-dealkylation sites (N-methyl/N-ethyl adjacent to an activating group) is 1. The maximum Gasteiger partial charge on any atom is 0.243 e. The Labute approximate surface area is 155 Å². The van der Waals surface area contributed by atoms with Crippen LogP contribution >= 0.6 is 15.9 Å². The van der Waals surface area contributed by atoms with Crippen LogP contribution in [0.15, 0.2) is 51.8 Å². The van der Waals surface area contributed by atoms with Crippen molar-refractivity contribution >= 4 is 37.5 Å². The summed E-state index contributed by atoms with van der Waals surface area (Å²) in [5, 5.41) is 2.68. The third-order valence-electron chi connectivity index (χ3n) is 3.52. The van der Waals surface area contributed by atoms with Gasteiger partial charge in [0.2, 0.25) is 15.9 Å². The first-order valence-corrected chi connectivity index (χ1v) is 9.79. The van der Waals surface area contributed by atoms with Crippen molar-refractivity contribution in [3.05, 3.63) is 58.3 Å². The predicted molar refractivity (Wildman–Crippen MR) is 98.3 cm³/mol. The molecule has 25 heavy (non-hydrogen) atoms. The normalized spacial score (nSPS) is 11.6. The van der Waals surface area contributed by atoms with Crippen molar-refractivity contribution in [2.24, 2.45) is 0 Å². The van der Waals surface area contributed by atoms with E-state index in [9.17, 15) is 17.6 Å². The number of aryl methyl sites for hydroxylation is 1. The number of nitrogens with zero attached hydrogens (tertiary/aromatic N) is 1. The number of rotatable bonds is 6. The van der Waals surface area contributed by atoms with Gasteiger partial charge in [-0.3, -0.25) is 4.79 Å². The number of carbonyl (C=O) groups is 1. The zero-order valence-corrected chi connectivity index (χ0v) is 16.2. The summed E-state index contributed by atoms with van der Waals surface area (Å²) in [4.78, 5) is 12.2. The maximum absolute atomic E-state index is 13.0. The Morgan fingerprint density at radius 1 is 1.20 bits per heavy atom. The molecule has 0 bridgehead atoms. The second-order valence-electron chi connectivity index (χ2n) is 5.42. The highest BCUT2D eigenvalue weighted by Gasteiger charge is 2.25. The van der Waals surface area contributed by atoms with Crippen LogP contribution in [0.25, 0.3) is 0 Å². The van der Waals surface area contributed by atoms with Gasteiger partial charge in [0.25, 0.3) is 0 Å². The molecule has 0 fully saturated rings. The molecule has 0 unspecified atom stereocenters. The van der Waals surface area contributed by atoms with Crippen molar-refractivity contribution in [2.75, 3.05) is 18.4 Å². The van der Waals surface area contributed by atoms with Gasteiger partial charge in [0.15, 0.2) is 0 Å². The van der Waals surface area contributed by atoms with E-state index >= 15 is 0 Å². The van der Waals surface area contributed by atoms with Gasteiger partial charge < -0.3 is 5.32 Å². The second-order valence-corrected chi connectivity index (χ2v) is 8.21. The quantitative estimate of drug-likeness (QED) is 0.764. The lowest BCUT2D eigenvalue weighted by molar-refractivity contribution is -0.116. The van der Waals surface area contributed by atoms with Crippen LogP contribution < -0.4 is 5.32 Å². The zero-order valence-electron chi connectivity index (χ0n) is 13.8. The van der Waals surface area contributed by atoms with E-state index in [1.165, 1.54) is 12.1 Å². The lowest BCUT2D eigenvalue weighted by Crippen LogP contribution is -2.37. The first-order chi connectivity index (χ1) is 11.7. The van der Waals surface area contributed by atoms with Crippen LogP contribution in [0.4, 0.5) is 10.1 Å². The molecule has 0 aliphatic heterocycles. The Bertz CT molecular complexity index is 870. The Morgan fingerprint density at radius 3 is 2.40 bits per heavy atom. The Kier molecular flexibility index (Phi) is 6.31. The highest BCUT2D eigenvalue weighted by Crippen LogP contribution is 2.23. The molecule has 0 spiro atoms. The van der Waals surface area contributed by atoms with E-state index < -0.39 is 21.7 Å². The number of amides is 1. The van der Waals surface area contributed by atoms with Crippen molar-refractivity contribution in [3.8, 4) is 0 Å². The molecule has 5 nitrogen and oxygen atoms in total. The van der Waals surface area contributed by atoms with Gasteiger partial charge in [0.1, 0.15) is 5.82 Å².